The molecule has 0 atom stereocenters. The van der Waals surface area contributed by atoms with Crippen molar-refractivity contribution in [3.8, 4) is 0 Å². The van der Waals surface area contributed by atoms with Gasteiger partial charge in [-0.25, -0.2) is 9.18 Å². The van der Waals surface area contributed by atoms with E-state index in [0.717, 1.165) is 12.3 Å². The predicted molar refractivity (Wildman–Crippen MR) is 60.4 cm³/mol. The Morgan fingerprint density at radius 2 is 2.24 bits per heavy atom. The molecule has 1 aliphatic carbocycles. The number of rotatable bonds is 6. The maximum Gasteiger partial charge on any atom is 0.335 e. The summed E-state index contributed by atoms with van der Waals surface area (Å²) in [5.74, 6) is -0.684. The molecule has 1 aromatic carbocycles. The van der Waals surface area contributed by atoms with Crippen molar-refractivity contribution in [2.45, 2.75) is 25.9 Å². The van der Waals surface area contributed by atoms with Crippen molar-refractivity contribution in [3.05, 3.63) is 35.1 Å². The van der Waals surface area contributed by atoms with Crippen LogP contribution in [0.5, 0.6) is 0 Å². The average Bonchev–Trinajstić information content (AvgIpc) is 3.10. The number of carbonyl (C=O) groups is 1. The van der Waals surface area contributed by atoms with Crippen LogP contribution in [0.1, 0.15) is 35.2 Å². The quantitative estimate of drug-likeness (QED) is 0.775. The Morgan fingerprint density at radius 3 is 2.88 bits per heavy atom. The molecule has 1 aromatic rings. The van der Waals surface area contributed by atoms with Crippen LogP contribution in [0.25, 0.3) is 0 Å². The first kappa shape index (κ1) is 12.0. The summed E-state index contributed by atoms with van der Waals surface area (Å²) in [4.78, 5) is 10.7. The fourth-order valence-electron chi connectivity index (χ4n) is 1.66. The molecule has 0 aliphatic heterocycles. The number of carboxylic acid groups (broad SMARTS) is 1. The summed E-state index contributed by atoms with van der Waals surface area (Å²) in [5, 5.41) is 8.79. The van der Waals surface area contributed by atoms with E-state index in [-0.39, 0.29) is 12.2 Å². The number of hydrogen-bond donors (Lipinski definition) is 1. The molecule has 0 amide bonds. The Kier molecular flexibility index (Phi) is 3.74. The number of halogens is 1. The van der Waals surface area contributed by atoms with Crippen molar-refractivity contribution in [1.82, 2.24) is 0 Å². The summed E-state index contributed by atoms with van der Waals surface area (Å²) >= 11 is 0. The standard InChI is InChI=1S/C13H15FO3/c14-12-4-3-10(13(15)16)7-11(12)8-17-6-5-9-1-2-9/h3-4,7,9H,1-2,5-6,8H2,(H,15,16). The lowest BCUT2D eigenvalue weighted by molar-refractivity contribution is 0.0696. The van der Waals surface area contributed by atoms with Gasteiger partial charge in [0.25, 0.3) is 0 Å². The molecule has 17 heavy (non-hydrogen) atoms. The van der Waals surface area contributed by atoms with Crippen molar-refractivity contribution < 1.29 is 19.0 Å². The number of benzene rings is 1. The van der Waals surface area contributed by atoms with Gasteiger partial charge in [0, 0.05) is 12.2 Å². The number of aromatic carboxylic acids is 1. The Bertz CT molecular complexity index is 413. The maximum atomic E-state index is 13.4. The summed E-state index contributed by atoms with van der Waals surface area (Å²) in [7, 11) is 0. The molecule has 1 aliphatic rings. The normalized spacial score (nSPS) is 14.9. The van der Waals surface area contributed by atoms with Gasteiger partial charge in [0.1, 0.15) is 5.82 Å². The van der Waals surface area contributed by atoms with Crippen LogP contribution in [0, 0.1) is 11.7 Å². The molecule has 4 heteroatoms. The Morgan fingerprint density at radius 1 is 1.47 bits per heavy atom. The summed E-state index contributed by atoms with van der Waals surface area (Å²) in [5.41, 5.74) is 0.396. The summed E-state index contributed by atoms with van der Waals surface area (Å²) in [6.07, 6.45) is 3.55. The SMILES string of the molecule is O=C(O)c1ccc(F)c(COCCC2CC2)c1. The Labute approximate surface area is 99.2 Å². The molecule has 2 rings (SSSR count). The highest BCUT2D eigenvalue weighted by molar-refractivity contribution is 5.87. The van der Waals surface area contributed by atoms with Crippen LogP contribution in [0.4, 0.5) is 4.39 Å². The van der Waals surface area contributed by atoms with E-state index >= 15 is 0 Å². The highest BCUT2D eigenvalue weighted by Crippen LogP contribution is 2.32. The smallest absolute Gasteiger partial charge is 0.335 e. The maximum absolute atomic E-state index is 13.4. The molecule has 1 saturated carbocycles. The second kappa shape index (κ2) is 5.27. The van der Waals surface area contributed by atoms with E-state index in [9.17, 15) is 9.18 Å². The molecule has 0 unspecified atom stereocenters. The van der Waals surface area contributed by atoms with E-state index in [1.165, 1.54) is 31.0 Å². The first-order valence-corrected chi connectivity index (χ1v) is 5.76. The van der Waals surface area contributed by atoms with Gasteiger partial charge in [-0.05, 0) is 30.5 Å². The molecular formula is C13H15FO3. The van der Waals surface area contributed by atoms with Crippen LogP contribution in [0.3, 0.4) is 0 Å². The Hall–Kier alpha value is -1.42. The lowest BCUT2D eigenvalue weighted by Gasteiger charge is -2.06. The van der Waals surface area contributed by atoms with E-state index in [1.807, 2.05) is 0 Å². The summed E-state index contributed by atoms with van der Waals surface area (Å²) < 4.78 is 18.7. The Balaban J connectivity index is 1.88. The number of ether oxygens (including phenoxy) is 1. The van der Waals surface area contributed by atoms with E-state index in [2.05, 4.69) is 0 Å². The van der Waals surface area contributed by atoms with Crippen molar-refractivity contribution in [2.75, 3.05) is 6.61 Å². The van der Waals surface area contributed by atoms with E-state index < -0.39 is 11.8 Å². The largest absolute Gasteiger partial charge is 0.478 e. The zero-order chi connectivity index (χ0) is 12.3. The fraction of sp³-hybridized carbons (Fsp3) is 0.462. The van der Waals surface area contributed by atoms with Crippen LogP contribution >= 0.6 is 0 Å². The topological polar surface area (TPSA) is 46.5 Å². The third-order valence-corrected chi connectivity index (χ3v) is 2.92. The van der Waals surface area contributed by atoms with Crippen LogP contribution in [-0.4, -0.2) is 17.7 Å². The van der Waals surface area contributed by atoms with Gasteiger partial charge in [-0.1, -0.05) is 12.8 Å². The predicted octanol–water partition coefficient (Wildman–Crippen LogP) is 2.84. The summed E-state index contributed by atoms with van der Waals surface area (Å²) in [6, 6.07) is 3.75. The van der Waals surface area contributed by atoms with Gasteiger partial charge in [-0.3, -0.25) is 0 Å². The molecule has 1 fully saturated rings. The minimum absolute atomic E-state index is 0.0900. The molecule has 1 N–H and O–H groups in total. The third kappa shape index (κ3) is 3.53. The molecule has 3 nitrogen and oxygen atoms in total. The molecule has 92 valence electrons. The van der Waals surface area contributed by atoms with E-state index in [1.54, 1.807) is 0 Å². The average molecular weight is 238 g/mol. The molecule has 0 aromatic heterocycles. The molecule has 0 heterocycles. The molecule has 0 bridgehead atoms. The number of carboxylic acids is 1. The molecule has 0 radical (unpaired) electrons. The van der Waals surface area contributed by atoms with Crippen LogP contribution in [0.15, 0.2) is 18.2 Å². The van der Waals surface area contributed by atoms with Crippen molar-refractivity contribution in [1.29, 1.82) is 0 Å². The van der Waals surface area contributed by atoms with Crippen molar-refractivity contribution >= 4 is 5.97 Å². The zero-order valence-electron chi connectivity index (χ0n) is 9.49. The lowest BCUT2D eigenvalue weighted by atomic mass is 10.1. The van der Waals surface area contributed by atoms with Crippen molar-refractivity contribution in [2.24, 2.45) is 5.92 Å². The minimum Gasteiger partial charge on any atom is -0.478 e. The van der Waals surface area contributed by atoms with Crippen LogP contribution in [-0.2, 0) is 11.3 Å². The lowest BCUT2D eigenvalue weighted by Crippen LogP contribution is -2.02. The van der Waals surface area contributed by atoms with Gasteiger partial charge in [0.05, 0.1) is 12.2 Å². The fourth-order valence-corrected chi connectivity index (χ4v) is 1.66. The highest BCUT2D eigenvalue weighted by atomic mass is 19.1. The monoisotopic (exact) mass is 238 g/mol. The first-order valence-electron chi connectivity index (χ1n) is 5.76. The highest BCUT2D eigenvalue weighted by Gasteiger charge is 2.20. The first-order chi connectivity index (χ1) is 8.16. The van der Waals surface area contributed by atoms with Crippen molar-refractivity contribution in [3.63, 3.8) is 0 Å². The van der Waals surface area contributed by atoms with Gasteiger partial charge in [-0.2, -0.15) is 0 Å². The second-order valence-corrected chi connectivity index (χ2v) is 4.40. The van der Waals surface area contributed by atoms with Crippen LogP contribution < -0.4 is 0 Å². The number of hydrogen-bond acceptors (Lipinski definition) is 2. The second-order valence-electron chi connectivity index (χ2n) is 4.40. The van der Waals surface area contributed by atoms with Gasteiger partial charge in [0.2, 0.25) is 0 Å². The van der Waals surface area contributed by atoms with Gasteiger partial charge >= 0.3 is 5.97 Å². The van der Waals surface area contributed by atoms with Gasteiger partial charge in [-0.15, -0.1) is 0 Å². The molecular weight excluding hydrogens is 223 g/mol. The molecule has 0 spiro atoms. The minimum atomic E-state index is -1.05. The van der Waals surface area contributed by atoms with Crippen LogP contribution in [0.2, 0.25) is 0 Å². The van der Waals surface area contributed by atoms with E-state index in [0.29, 0.717) is 12.2 Å². The third-order valence-electron chi connectivity index (χ3n) is 2.92. The van der Waals surface area contributed by atoms with Gasteiger partial charge in [0.15, 0.2) is 0 Å². The summed E-state index contributed by atoms with van der Waals surface area (Å²) in [6.45, 7) is 0.751. The van der Waals surface area contributed by atoms with Gasteiger partial charge < -0.3 is 9.84 Å². The molecule has 0 saturated heterocycles. The van der Waals surface area contributed by atoms with E-state index in [4.69, 9.17) is 9.84 Å². The zero-order valence-corrected chi connectivity index (χ0v) is 9.49.